The van der Waals surface area contributed by atoms with Crippen LogP contribution in [-0.2, 0) is 14.6 Å². The monoisotopic (exact) mass is 469 g/mol. The number of hydrogen-bond acceptors (Lipinski definition) is 6. The predicted molar refractivity (Wildman–Crippen MR) is 120 cm³/mol. The van der Waals surface area contributed by atoms with E-state index in [1.54, 1.807) is 0 Å². The highest BCUT2D eigenvalue weighted by Gasteiger charge is 2.37. The van der Waals surface area contributed by atoms with E-state index in [9.17, 15) is 17.6 Å². The van der Waals surface area contributed by atoms with E-state index < -0.39 is 15.7 Å². The smallest absolute Gasteiger partial charge is 0.236 e. The Bertz CT molecular complexity index is 1290. The highest BCUT2D eigenvalue weighted by molar-refractivity contribution is 7.91. The topological polar surface area (TPSA) is 83.7 Å². The molecule has 1 amide bonds. The van der Waals surface area contributed by atoms with Gasteiger partial charge in [-0.05, 0) is 56.2 Å². The Morgan fingerprint density at radius 1 is 1.06 bits per heavy atom. The Labute approximate surface area is 191 Å². The predicted octanol–water partition coefficient (Wildman–Crippen LogP) is 3.68. The summed E-state index contributed by atoms with van der Waals surface area (Å²) < 4.78 is 46.4. The molecule has 2 aliphatic rings. The number of carbonyl (C=O) groups is 1. The van der Waals surface area contributed by atoms with Gasteiger partial charge in [-0.3, -0.25) is 4.79 Å². The molecule has 9 heteroatoms. The normalized spacial score (nSPS) is 16.8. The molecule has 1 aromatic heterocycles. The molecule has 33 heavy (non-hydrogen) atoms. The van der Waals surface area contributed by atoms with Crippen LogP contribution >= 0.6 is 0 Å². The first-order valence-corrected chi connectivity index (χ1v) is 12.4. The zero-order valence-electron chi connectivity index (χ0n) is 18.2. The van der Waals surface area contributed by atoms with Gasteiger partial charge in [-0.2, -0.15) is 4.98 Å². The minimum atomic E-state index is -4.06. The van der Waals surface area contributed by atoms with Crippen LogP contribution in [0.15, 0.2) is 62.9 Å². The number of anilines is 1. The summed E-state index contributed by atoms with van der Waals surface area (Å²) in [5.41, 5.74) is 1.65. The number of halogens is 1. The molecule has 1 aliphatic heterocycles. The van der Waals surface area contributed by atoms with E-state index in [-0.39, 0.29) is 33.5 Å². The Morgan fingerprint density at radius 3 is 2.39 bits per heavy atom. The van der Waals surface area contributed by atoms with Crippen molar-refractivity contribution in [2.24, 2.45) is 5.92 Å². The summed E-state index contributed by atoms with van der Waals surface area (Å²) in [4.78, 5) is 20.4. The fourth-order valence-corrected chi connectivity index (χ4v) is 5.34. The lowest BCUT2D eigenvalue weighted by molar-refractivity contribution is -0.132. The van der Waals surface area contributed by atoms with E-state index >= 15 is 0 Å². The van der Waals surface area contributed by atoms with Gasteiger partial charge >= 0.3 is 0 Å². The van der Waals surface area contributed by atoms with E-state index in [0.717, 1.165) is 30.5 Å². The Hall–Kier alpha value is -3.20. The van der Waals surface area contributed by atoms with Gasteiger partial charge in [-0.25, -0.2) is 12.8 Å². The first-order valence-electron chi connectivity index (χ1n) is 11.0. The number of carbonyl (C=O) groups excluding carboxylic acids is 1. The van der Waals surface area contributed by atoms with Crippen molar-refractivity contribution < 1.29 is 22.0 Å². The molecule has 2 aromatic carbocycles. The molecular formula is C24H24FN3O4S. The third-order valence-electron chi connectivity index (χ3n) is 6.03. The molecule has 7 nitrogen and oxygen atoms in total. The minimum absolute atomic E-state index is 0.0585. The largest absolute Gasteiger partial charge is 0.419 e. The Kier molecular flexibility index (Phi) is 5.44. The number of aromatic nitrogens is 1. The zero-order chi connectivity index (χ0) is 23.2. The van der Waals surface area contributed by atoms with Crippen molar-refractivity contribution in [3.8, 4) is 11.5 Å². The molecular weight excluding hydrogens is 445 g/mol. The third kappa shape index (κ3) is 4.25. The van der Waals surface area contributed by atoms with Crippen LogP contribution in [0.5, 0.6) is 0 Å². The molecule has 5 rings (SSSR count). The van der Waals surface area contributed by atoms with Gasteiger partial charge in [0.05, 0.1) is 4.90 Å². The van der Waals surface area contributed by atoms with Gasteiger partial charge in [0.15, 0.2) is 0 Å². The van der Waals surface area contributed by atoms with Gasteiger partial charge in [-0.1, -0.05) is 17.7 Å². The van der Waals surface area contributed by atoms with Gasteiger partial charge in [0.2, 0.25) is 32.5 Å². The second kappa shape index (κ2) is 8.30. The van der Waals surface area contributed by atoms with Crippen molar-refractivity contribution in [2.45, 2.75) is 29.7 Å². The van der Waals surface area contributed by atoms with Crippen LogP contribution in [0, 0.1) is 18.7 Å². The molecule has 0 radical (unpaired) electrons. The third-order valence-corrected chi connectivity index (χ3v) is 7.70. The van der Waals surface area contributed by atoms with Crippen LogP contribution in [0.1, 0.15) is 18.4 Å². The van der Waals surface area contributed by atoms with Crippen molar-refractivity contribution in [3.63, 3.8) is 0 Å². The summed E-state index contributed by atoms with van der Waals surface area (Å²) in [5.74, 6) is 0.141. The summed E-state index contributed by atoms with van der Waals surface area (Å²) in [7, 11) is -4.06. The summed E-state index contributed by atoms with van der Waals surface area (Å²) >= 11 is 0. The second-order valence-electron chi connectivity index (χ2n) is 8.54. The SMILES string of the molecule is Cc1cccc(-c2nc(S(=O)(=O)c3ccc(F)cc3)c(N3CCN(C(=O)C4CC4)CC3)o2)c1. The number of aryl methyl sites for hydroxylation is 1. The molecule has 0 atom stereocenters. The number of oxazole rings is 1. The molecule has 0 N–H and O–H groups in total. The quantitative estimate of drug-likeness (QED) is 0.530. The fourth-order valence-electron chi connectivity index (χ4n) is 4.02. The van der Waals surface area contributed by atoms with Crippen LogP contribution in [0.3, 0.4) is 0 Å². The molecule has 2 heterocycles. The number of nitrogens with zero attached hydrogens (tertiary/aromatic N) is 3. The molecule has 3 aromatic rings. The summed E-state index contributed by atoms with van der Waals surface area (Å²) in [6.07, 6.45) is 1.89. The van der Waals surface area contributed by atoms with E-state index in [1.807, 2.05) is 41.0 Å². The standard InChI is InChI=1S/C24H24FN3O4S/c1-16-3-2-4-18(15-16)21-26-22(33(30,31)20-9-7-19(25)8-10-20)24(32-21)28-13-11-27(12-14-28)23(29)17-5-6-17/h2-4,7-10,15,17H,5-6,11-14H2,1H3. The summed E-state index contributed by atoms with van der Waals surface area (Å²) in [5, 5.41) is -0.201. The van der Waals surface area contributed by atoms with E-state index in [1.165, 1.54) is 12.1 Å². The van der Waals surface area contributed by atoms with Crippen molar-refractivity contribution in [1.82, 2.24) is 9.88 Å². The number of sulfone groups is 1. The van der Waals surface area contributed by atoms with E-state index in [2.05, 4.69) is 4.98 Å². The van der Waals surface area contributed by atoms with E-state index in [4.69, 9.17) is 4.42 Å². The maximum Gasteiger partial charge on any atom is 0.236 e. The Balaban J connectivity index is 1.52. The van der Waals surface area contributed by atoms with Gasteiger partial charge in [0, 0.05) is 37.7 Å². The number of amides is 1. The van der Waals surface area contributed by atoms with Crippen LogP contribution in [0.2, 0.25) is 0 Å². The van der Waals surface area contributed by atoms with Crippen LogP contribution in [-0.4, -0.2) is 50.4 Å². The van der Waals surface area contributed by atoms with Crippen LogP contribution in [0.25, 0.3) is 11.5 Å². The van der Waals surface area contributed by atoms with Crippen molar-refractivity contribution >= 4 is 21.6 Å². The zero-order valence-corrected chi connectivity index (χ0v) is 19.0. The molecule has 172 valence electrons. The molecule has 1 aliphatic carbocycles. The lowest BCUT2D eigenvalue weighted by Crippen LogP contribution is -2.49. The number of benzene rings is 2. The van der Waals surface area contributed by atoms with Crippen molar-refractivity contribution in [3.05, 3.63) is 59.9 Å². The average molecular weight is 470 g/mol. The van der Waals surface area contributed by atoms with Gasteiger partial charge < -0.3 is 14.2 Å². The minimum Gasteiger partial charge on any atom is -0.419 e. The lowest BCUT2D eigenvalue weighted by atomic mass is 10.1. The van der Waals surface area contributed by atoms with Crippen molar-refractivity contribution in [2.75, 3.05) is 31.1 Å². The molecule has 0 spiro atoms. The summed E-state index contributed by atoms with van der Waals surface area (Å²) in [6.45, 7) is 3.79. The van der Waals surface area contributed by atoms with Gasteiger partial charge in [-0.15, -0.1) is 0 Å². The number of rotatable bonds is 5. The number of piperazine rings is 1. The molecule has 0 unspecified atom stereocenters. The molecule has 1 saturated carbocycles. The van der Waals surface area contributed by atoms with Gasteiger partial charge in [0.1, 0.15) is 5.82 Å². The average Bonchev–Trinajstić information content (AvgIpc) is 3.56. The fraction of sp³-hybridized carbons (Fsp3) is 0.333. The Morgan fingerprint density at radius 2 is 1.76 bits per heavy atom. The molecule has 1 saturated heterocycles. The number of hydrogen-bond donors (Lipinski definition) is 0. The maximum absolute atomic E-state index is 13.5. The van der Waals surface area contributed by atoms with Crippen LogP contribution < -0.4 is 4.90 Å². The van der Waals surface area contributed by atoms with E-state index in [0.29, 0.717) is 31.7 Å². The second-order valence-corrected chi connectivity index (χ2v) is 10.4. The molecule has 0 bridgehead atoms. The summed E-state index contributed by atoms with van der Waals surface area (Å²) in [6, 6.07) is 12.1. The lowest BCUT2D eigenvalue weighted by Gasteiger charge is -2.34. The highest BCUT2D eigenvalue weighted by atomic mass is 32.2. The van der Waals surface area contributed by atoms with Crippen molar-refractivity contribution in [1.29, 1.82) is 0 Å². The first-order chi connectivity index (χ1) is 15.8. The first kappa shape index (κ1) is 21.6. The van der Waals surface area contributed by atoms with Gasteiger partial charge in [0.25, 0.3) is 0 Å². The van der Waals surface area contributed by atoms with Crippen LogP contribution in [0.4, 0.5) is 10.3 Å². The maximum atomic E-state index is 13.5. The molecule has 2 fully saturated rings. The highest BCUT2D eigenvalue weighted by Crippen LogP contribution is 2.36.